The molecule has 0 spiro atoms. The highest BCUT2D eigenvalue weighted by Gasteiger charge is 2.21. The van der Waals surface area contributed by atoms with Crippen molar-refractivity contribution in [1.29, 1.82) is 0 Å². The zero-order valence-electron chi connectivity index (χ0n) is 33.7. The molecule has 0 radical (unpaired) electrons. The normalized spacial score (nSPS) is 13.8. The summed E-state index contributed by atoms with van der Waals surface area (Å²) >= 11 is 1.86. The maximum absolute atomic E-state index is 5.20. The summed E-state index contributed by atoms with van der Waals surface area (Å²) in [6, 6.07) is 67.5. The Morgan fingerprint density at radius 3 is 1.69 bits per heavy atom. The second kappa shape index (κ2) is 15.1. The van der Waals surface area contributed by atoms with E-state index in [0.717, 1.165) is 51.1 Å². The summed E-state index contributed by atoms with van der Waals surface area (Å²) in [5.74, 6) is 2.14. The number of hydrogen-bond acceptors (Lipinski definition) is 4. The van der Waals surface area contributed by atoms with Gasteiger partial charge in [0, 0.05) is 59.2 Å². The largest absolute Gasteiger partial charge is 0.309 e. The molecule has 12 rings (SSSR count). The van der Waals surface area contributed by atoms with Crippen LogP contribution in [0.15, 0.2) is 212 Å². The van der Waals surface area contributed by atoms with Crippen LogP contribution in [0, 0.1) is 0 Å². The van der Waals surface area contributed by atoms with Crippen molar-refractivity contribution >= 4 is 53.3 Å². The van der Waals surface area contributed by atoms with Crippen LogP contribution in [-0.4, -0.2) is 19.5 Å². The van der Waals surface area contributed by atoms with Gasteiger partial charge in [0.05, 0.1) is 11.0 Å². The van der Waals surface area contributed by atoms with E-state index in [9.17, 15) is 0 Å². The van der Waals surface area contributed by atoms with Crippen LogP contribution in [0.5, 0.6) is 0 Å². The summed E-state index contributed by atoms with van der Waals surface area (Å²) in [6.45, 7) is 0. The number of para-hydroxylation sites is 1. The average molecular weight is 811 g/mol. The number of benzene rings is 8. The molecule has 0 fully saturated rings. The maximum atomic E-state index is 5.20. The average Bonchev–Trinajstić information content (AvgIpc) is 3.91. The molecule has 1 aliphatic carbocycles. The van der Waals surface area contributed by atoms with E-state index in [-0.39, 0.29) is 5.92 Å². The molecule has 11 aromatic rings. The van der Waals surface area contributed by atoms with E-state index in [4.69, 9.17) is 15.0 Å². The highest BCUT2D eigenvalue weighted by molar-refractivity contribution is 7.26. The molecule has 0 bridgehead atoms. The van der Waals surface area contributed by atoms with Crippen LogP contribution in [0.25, 0.3) is 104 Å². The van der Waals surface area contributed by atoms with Crippen molar-refractivity contribution in [1.82, 2.24) is 19.5 Å². The minimum absolute atomic E-state index is 0.206. The van der Waals surface area contributed by atoms with E-state index < -0.39 is 0 Å². The Kier molecular flexibility index (Phi) is 8.79. The molecule has 5 heteroatoms. The standard InChI is InChI=1S/C57H38N4S/c1-5-17-37(18-6-1)41-31-42(34-45(33-41)57-59-55(39-21-9-3-10-22-39)58-56(60-57)40-23-11-4-12-24-40)44-32-43(38-19-7-2-8-20-38)35-46(36-44)61-50-27-15-13-25-47(50)48-29-30-52-53(54(48)61)49-26-14-16-28-51(49)62-52/h1-17,19-37H,18H2. The molecule has 3 heterocycles. The highest BCUT2D eigenvalue weighted by atomic mass is 32.1. The predicted octanol–water partition coefficient (Wildman–Crippen LogP) is 15.3. The monoisotopic (exact) mass is 810 g/mol. The van der Waals surface area contributed by atoms with Gasteiger partial charge < -0.3 is 4.57 Å². The van der Waals surface area contributed by atoms with E-state index in [1.807, 2.05) is 47.7 Å². The van der Waals surface area contributed by atoms with Gasteiger partial charge in [-0.15, -0.1) is 11.3 Å². The van der Waals surface area contributed by atoms with Gasteiger partial charge in [-0.05, 0) is 82.8 Å². The SMILES string of the molecule is C1=CCC(c2cc(-c3cc(-c4ccccc4)cc(-n4c5ccccc5c5ccc6sc7ccccc7c6c54)c3)cc(-c3nc(-c4ccccc4)nc(-c4ccccc4)n3)c2)C=C1. The van der Waals surface area contributed by atoms with E-state index >= 15 is 0 Å². The number of hydrogen-bond donors (Lipinski definition) is 0. The lowest BCUT2D eigenvalue weighted by atomic mass is 9.88. The van der Waals surface area contributed by atoms with Crippen molar-refractivity contribution in [2.75, 3.05) is 0 Å². The van der Waals surface area contributed by atoms with Crippen molar-refractivity contribution in [3.63, 3.8) is 0 Å². The summed E-state index contributed by atoms with van der Waals surface area (Å²) in [6.07, 6.45) is 9.78. The second-order valence-corrected chi connectivity index (χ2v) is 17.0. The first-order valence-electron chi connectivity index (χ1n) is 21.1. The molecule has 8 aromatic carbocycles. The van der Waals surface area contributed by atoms with E-state index in [1.165, 1.54) is 47.5 Å². The number of allylic oxidation sites excluding steroid dienone is 4. The van der Waals surface area contributed by atoms with Gasteiger partial charge in [0.15, 0.2) is 17.5 Å². The Bertz CT molecular complexity index is 3490. The molecule has 0 amide bonds. The van der Waals surface area contributed by atoms with Gasteiger partial charge in [0.1, 0.15) is 0 Å². The minimum Gasteiger partial charge on any atom is -0.309 e. The molecule has 0 aliphatic heterocycles. The number of nitrogens with zero attached hydrogens (tertiary/aromatic N) is 4. The van der Waals surface area contributed by atoms with Crippen LogP contribution in [0.2, 0.25) is 0 Å². The molecule has 4 nitrogen and oxygen atoms in total. The van der Waals surface area contributed by atoms with Crippen molar-refractivity contribution in [3.05, 3.63) is 218 Å². The summed E-state index contributed by atoms with van der Waals surface area (Å²) in [5, 5.41) is 5.08. The molecule has 0 saturated carbocycles. The molecule has 0 N–H and O–H groups in total. The topological polar surface area (TPSA) is 43.6 Å². The van der Waals surface area contributed by atoms with Gasteiger partial charge >= 0.3 is 0 Å². The third-order valence-corrected chi connectivity index (χ3v) is 13.2. The van der Waals surface area contributed by atoms with Crippen LogP contribution < -0.4 is 0 Å². The summed E-state index contributed by atoms with van der Waals surface area (Å²) in [4.78, 5) is 15.4. The quantitative estimate of drug-likeness (QED) is 0.161. The minimum atomic E-state index is 0.206. The van der Waals surface area contributed by atoms with Crippen LogP contribution >= 0.6 is 11.3 Å². The molecular formula is C57H38N4S. The summed E-state index contributed by atoms with van der Waals surface area (Å²) < 4.78 is 5.09. The molecule has 1 unspecified atom stereocenters. The lowest BCUT2D eigenvalue weighted by Gasteiger charge is -2.19. The first-order chi connectivity index (χ1) is 30.7. The lowest BCUT2D eigenvalue weighted by molar-refractivity contribution is 0.854. The first-order valence-corrected chi connectivity index (χ1v) is 21.9. The zero-order chi connectivity index (χ0) is 41.0. The van der Waals surface area contributed by atoms with Gasteiger partial charge in [-0.1, -0.05) is 164 Å². The van der Waals surface area contributed by atoms with Crippen LogP contribution in [0.1, 0.15) is 17.9 Å². The zero-order valence-corrected chi connectivity index (χ0v) is 34.5. The fourth-order valence-corrected chi connectivity index (χ4v) is 10.3. The second-order valence-electron chi connectivity index (χ2n) is 16.0. The Labute approximate surface area is 363 Å². The van der Waals surface area contributed by atoms with E-state index in [1.54, 1.807) is 0 Å². The Morgan fingerprint density at radius 2 is 1.00 bits per heavy atom. The van der Waals surface area contributed by atoms with Gasteiger partial charge in [0.25, 0.3) is 0 Å². The van der Waals surface area contributed by atoms with Gasteiger partial charge in [-0.2, -0.15) is 0 Å². The fraction of sp³-hybridized carbons (Fsp3) is 0.0351. The van der Waals surface area contributed by atoms with Crippen molar-refractivity contribution in [3.8, 4) is 62.1 Å². The third kappa shape index (κ3) is 6.34. The lowest BCUT2D eigenvalue weighted by Crippen LogP contribution is -2.02. The molecule has 3 aromatic heterocycles. The summed E-state index contributed by atoms with van der Waals surface area (Å²) in [7, 11) is 0. The Balaban J connectivity index is 1.13. The van der Waals surface area contributed by atoms with Crippen molar-refractivity contribution in [2.24, 2.45) is 0 Å². The van der Waals surface area contributed by atoms with Crippen molar-refractivity contribution < 1.29 is 0 Å². The molecular weight excluding hydrogens is 773 g/mol. The van der Waals surface area contributed by atoms with Gasteiger partial charge in [0.2, 0.25) is 0 Å². The first kappa shape index (κ1) is 36.1. The van der Waals surface area contributed by atoms with E-state index in [2.05, 4.69) is 181 Å². The van der Waals surface area contributed by atoms with Crippen LogP contribution in [0.4, 0.5) is 0 Å². The van der Waals surface area contributed by atoms with Crippen molar-refractivity contribution in [2.45, 2.75) is 12.3 Å². The number of thiophene rings is 1. The molecule has 292 valence electrons. The van der Waals surface area contributed by atoms with Crippen LogP contribution in [0.3, 0.4) is 0 Å². The smallest absolute Gasteiger partial charge is 0.164 e. The van der Waals surface area contributed by atoms with Gasteiger partial charge in [-0.3, -0.25) is 0 Å². The number of aromatic nitrogens is 4. The highest BCUT2D eigenvalue weighted by Crippen LogP contribution is 2.44. The van der Waals surface area contributed by atoms with E-state index in [0.29, 0.717) is 17.5 Å². The Morgan fingerprint density at radius 1 is 0.435 bits per heavy atom. The maximum Gasteiger partial charge on any atom is 0.164 e. The molecule has 1 aliphatic rings. The molecule has 1 atom stereocenters. The third-order valence-electron chi connectivity index (χ3n) is 12.1. The number of fused-ring (bicyclic) bond motifs is 7. The molecule has 62 heavy (non-hydrogen) atoms. The Hall–Kier alpha value is -7.73. The summed E-state index contributed by atoms with van der Waals surface area (Å²) in [5.41, 5.74) is 12.1. The van der Waals surface area contributed by atoms with Gasteiger partial charge in [-0.25, -0.2) is 15.0 Å². The fourth-order valence-electron chi connectivity index (χ4n) is 9.16. The van der Waals surface area contributed by atoms with Crippen LogP contribution in [-0.2, 0) is 0 Å². The number of rotatable bonds is 7. The molecule has 0 saturated heterocycles. The predicted molar refractivity (Wildman–Crippen MR) is 260 cm³/mol.